The molecule has 0 aliphatic carbocycles. The zero-order valence-electron chi connectivity index (χ0n) is 15.2. The van der Waals surface area contributed by atoms with E-state index in [9.17, 15) is 4.79 Å². The summed E-state index contributed by atoms with van der Waals surface area (Å²) < 4.78 is 17.6. The fourth-order valence-corrected chi connectivity index (χ4v) is 3.11. The topological polar surface area (TPSA) is 48.0 Å². The molecule has 0 atom stereocenters. The van der Waals surface area contributed by atoms with Gasteiger partial charge in [0, 0.05) is 13.1 Å². The molecule has 0 spiro atoms. The van der Waals surface area contributed by atoms with Crippen molar-refractivity contribution in [2.75, 3.05) is 20.2 Å². The Bertz CT molecular complexity index is 622. The average molecular weight is 331 g/mol. The molecule has 1 aromatic carbocycles. The number of carbonyl (C=O) groups excluding carboxylic acids is 1. The van der Waals surface area contributed by atoms with Gasteiger partial charge in [0.2, 0.25) is 0 Å². The van der Waals surface area contributed by atoms with Crippen LogP contribution in [-0.2, 0) is 9.31 Å². The van der Waals surface area contributed by atoms with Gasteiger partial charge in [-0.1, -0.05) is 6.07 Å². The first-order valence-corrected chi connectivity index (χ1v) is 8.58. The third-order valence-corrected chi connectivity index (χ3v) is 5.37. The van der Waals surface area contributed by atoms with Gasteiger partial charge in [-0.15, -0.1) is 0 Å². The number of hydrogen-bond donors (Lipinski definition) is 0. The van der Waals surface area contributed by atoms with Gasteiger partial charge in [0.15, 0.2) is 0 Å². The smallest absolute Gasteiger partial charge is 0.494 e. The molecule has 0 saturated carbocycles. The first kappa shape index (κ1) is 17.3. The van der Waals surface area contributed by atoms with Crippen molar-refractivity contribution >= 4 is 18.5 Å². The average Bonchev–Trinajstić information content (AvgIpc) is 3.13. The highest BCUT2D eigenvalue weighted by atomic mass is 16.7. The maximum atomic E-state index is 12.8. The molecule has 0 unspecified atom stereocenters. The molecule has 2 fully saturated rings. The predicted octanol–water partition coefficient (Wildman–Crippen LogP) is 2.23. The summed E-state index contributed by atoms with van der Waals surface area (Å²) in [6.45, 7) is 9.70. The molecule has 2 saturated heterocycles. The quantitative estimate of drug-likeness (QED) is 0.797. The molecule has 130 valence electrons. The molecule has 2 aliphatic heterocycles. The first-order valence-electron chi connectivity index (χ1n) is 8.58. The highest BCUT2D eigenvalue weighted by Gasteiger charge is 2.51. The lowest BCUT2D eigenvalue weighted by molar-refractivity contribution is 0.00578. The van der Waals surface area contributed by atoms with E-state index in [0.717, 1.165) is 31.4 Å². The van der Waals surface area contributed by atoms with Gasteiger partial charge in [-0.3, -0.25) is 4.79 Å². The summed E-state index contributed by atoms with van der Waals surface area (Å²) in [5, 5.41) is 0. The summed E-state index contributed by atoms with van der Waals surface area (Å²) in [6.07, 6.45) is 2.12. The van der Waals surface area contributed by atoms with Crippen molar-refractivity contribution in [1.82, 2.24) is 4.90 Å². The number of nitrogens with zero attached hydrogens (tertiary/aromatic N) is 1. The highest BCUT2D eigenvalue weighted by molar-refractivity contribution is 6.62. The fourth-order valence-electron chi connectivity index (χ4n) is 3.11. The van der Waals surface area contributed by atoms with E-state index in [2.05, 4.69) is 0 Å². The Morgan fingerprint density at radius 3 is 2.25 bits per heavy atom. The second-order valence-corrected chi connectivity index (χ2v) is 7.55. The lowest BCUT2D eigenvalue weighted by atomic mass is 9.78. The van der Waals surface area contributed by atoms with Crippen LogP contribution in [0.4, 0.5) is 0 Å². The Labute approximate surface area is 144 Å². The van der Waals surface area contributed by atoms with Gasteiger partial charge in [-0.25, -0.2) is 0 Å². The Morgan fingerprint density at radius 2 is 1.71 bits per heavy atom. The van der Waals surface area contributed by atoms with E-state index in [4.69, 9.17) is 14.0 Å². The number of hydrogen-bond acceptors (Lipinski definition) is 4. The van der Waals surface area contributed by atoms with Gasteiger partial charge >= 0.3 is 7.12 Å². The van der Waals surface area contributed by atoms with Crippen LogP contribution in [0.25, 0.3) is 0 Å². The Kier molecular flexibility index (Phi) is 4.38. The summed E-state index contributed by atoms with van der Waals surface area (Å²) in [5.74, 6) is 0.606. The van der Waals surface area contributed by atoms with E-state index in [0.29, 0.717) is 11.3 Å². The molecule has 24 heavy (non-hydrogen) atoms. The van der Waals surface area contributed by atoms with Gasteiger partial charge in [-0.05, 0) is 58.1 Å². The maximum absolute atomic E-state index is 12.8. The molecular weight excluding hydrogens is 305 g/mol. The second kappa shape index (κ2) is 6.08. The number of carbonyl (C=O) groups is 1. The number of methoxy groups -OCH3 is 1. The van der Waals surface area contributed by atoms with E-state index in [-0.39, 0.29) is 5.91 Å². The van der Waals surface area contributed by atoms with Crippen LogP contribution in [0.15, 0.2) is 18.2 Å². The van der Waals surface area contributed by atoms with Crippen molar-refractivity contribution in [3.63, 3.8) is 0 Å². The SMILES string of the molecule is COc1ccc(B2OC(C)(C)C(C)(C)O2)cc1C(=O)N1CCCC1. The third-order valence-electron chi connectivity index (χ3n) is 5.37. The minimum Gasteiger partial charge on any atom is -0.496 e. The molecule has 1 amide bonds. The molecule has 0 radical (unpaired) electrons. The minimum atomic E-state index is -0.481. The molecule has 6 heteroatoms. The summed E-state index contributed by atoms with van der Waals surface area (Å²) >= 11 is 0. The van der Waals surface area contributed by atoms with Gasteiger partial charge in [-0.2, -0.15) is 0 Å². The first-order chi connectivity index (χ1) is 11.2. The minimum absolute atomic E-state index is 0.0164. The summed E-state index contributed by atoms with van der Waals surface area (Å²) in [5.41, 5.74) is 0.608. The summed E-state index contributed by atoms with van der Waals surface area (Å²) in [6, 6.07) is 5.58. The zero-order valence-corrected chi connectivity index (χ0v) is 15.2. The van der Waals surface area contributed by atoms with Crippen molar-refractivity contribution in [1.29, 1.82) is 0 Å². The van der Waals surface area contributed by atoms with Crippen LogP contribution >= 0.6 is 0 Å². The van der Waals surface area contributed by atoms with Crippen LogP contribution in [0.3, 0.4) is 0 Å². The van der Waals surface area contributed by atoms with Crippen LogP contribution < -0.4 is 10.2 Å². The number of amides is 1. The lowest BCUT2D eigenvalue weighted by Gasteiger charge is -2.32. The van der Waals surface area contributed by atoms with E-state index < -0.39 is 18.3 Å². The van der Waals surface area contributed by atoms with Crippen molar-refractivity contribution in [3.8, 4) is 5.75 Å². The molecule has 5 nitrogen and oxygen atoms in total. The highest BCUT2D eigenvalue weighted by Crippen LogP contribution is 2.36. The fraction of sp³-hybridized carbons (Fsp3) is 0.611. The van der Waals surface area contributed by atoms with Crippen LogP contribution in [0, 0.1) is 0 Å². The van der Waals surface area contributed by atoms with E-state index in [1.54, 1.807) is 7.11 Å². The van der Waals surface area contributed by atoms with Crippen molar-refractivity contribution in [3.05, 3.63) is 23.8 Å². The molecule has 1 aromatic rings. The van der Waals surface area contributed by atoms with Gasteiger partial charge < -0.3 is 18.9 Å². The number of likely N-dealkylation sites (tertiary alicyclic amines) is 1. The summed E-state index contributed by atoms with van der Waals surface area (Å²) in [4.78, 5) is 14.7. The molecule has 2 aliphatic rings. The van der Waals surface area contributed by atoms with Gasteiger partial charge in [0.05, 0.1) is 23.9 Å². The van der Waals surface area contributed by atoms with Crippen molar-refractivity contribution in [2.45, 2.75) is 51.7 Å². The largest absolute Gasteiger partial charge is 0.496 e. The number of rotatable bonds is 3. The standard InChI is InChI=1S/C18H26BNO4/c1-17(2)18(3,4)24-19(23-17)13-8-9-15(22-5)14(12-13)16(21)20-10-6-7-11-20/h8-9,12H,6-7,10-11H2,1-5H3. The lowest BCUT2D eigenvalue weighted by Crippen LogP contribution is -2.41. The van der Waals surface area contributed by atoms with Crippen LogP contribution in [0.2, 0.25) is 0 Å². The van der Waals surface area contributed by atoms with Crippen LogP contribution in [0.5, 0.6) is 5.75 Å². The monoisotopic (exact) mass is 331 g/mol. The Morgan fingerprint density at radius 1 is 1.12 bits per heavy atom. The predicted molar refractivity (Wildman–Crippen MR) is 93.8 cm³/mol. The molecule has 3 rings (SSSR count). The third kappa shape index (κ3) is 2.93. The van der Waals surface area contributed by atoms with E-state index >= 15 is 0 Å². The maximum Gasteiger partial charge on any atom is 0.494 e. The van der Waals surface area contributed by atoms with Crippen molar-refractivity contribution < 1.29 is 18.8 Å². The van der Waals surface area contributed by atoms with Crippen molar-refractivity contribution in [2.24, 2.45) is 0 Å². The second-order valence-electron chi connectivity index (χ2n) is 7.55. The van der Waals surface area contributed by atoms with Gasteiger partial charge in [0.1, 0.15) is 5.75 Å². The zero-order chi connectivity index (χ0) is 17.5. The molecule has 0 bridgehead atoms. The molecular formula is C18H26BNO4. The van der Waals surface area contributed by atoms with Crippen LogP contribution in [0.1, 0.15) is 50.9 Å². The normalized spacial score (nSPS) is 22.0. The molecule has 2 heterocycles. The molecule has 0 aromatic heterocycles. The molecule has 0 N–H and O–H groups in total. The Hall–Kier alpha value is -1.53. The summed E-state index contributed by atoms with van der Waals surface area (Å²) in [7, 11) is 1.11. The number of benzene rings is 1. The van der Waals surface area contributed by atoms with E-state index in [1.807, 2.05) is 50.8 Å². The van der Waals surface area contributed by atoms with Crippen LogP contribution in [-0.4, -0.2) is 49.3 Å². The Balaban J connectivity index is 1.91. The van der Waals surface area contributed by atoms with E-state index in [1.165, 1.54) is 0 Å². The number of ether oxygens (including phenoxy) is 1. The van der Waals surface area contributed by atoms with Gasteiger partial charge in [0.25, 0.3) is 5.91 Å².